The largest absolute Gasteiger partial charge is 0.481 e. The summed E-state index contributed by atoms with van der Waals surface area (Å²) in [5.74, 6) is -1.89. The van der Waals surface area contributed by atoms with E-state index in [0.717, 1.165) is 32.7 Å². The number of likely N-dealkylation sites (N-methyl/N-ethyl adjacent to an activating group) is 1. The molecular formula is C30H31NO6. The summed E-state index contributed by atoms with van der Waals surface area (Å²) >= 11 is 0. The third-order valence-electron chi connectivity index (χ3n) is 6.82. The summed E-state index contributed by atoms with van der Waals surface area (Å²) in [6, 6.07) is 24.1. The zero-order valence-corrected chi connectivity index (χ0v) is 21.2. The van der Waals surface area contributed by atoms with Gasteiger partial charge >= 0.3 is 18.0 Å². The van der Waals surface area contributed by atoms with Crippen LogP contribution in [-0.4, -0.2) is 47.7 Å². The van der Waals surface area contributed by atoms with Crippen molar-refractivity contribution in [2.24, 2.45) is 0 Å². The molecule has 0 unspecified atom stereocenters. The maximum Gasteiger partial charge on any atom is 0.410 e. The Kier molecular flexibility index (Phi) is 7.62. The highest BCUT2D eigenvalue weighted by Crippen LogP contribution is 2.44. The van der Waals surface area contributed by atoms with Crippen molar-refractivity contribution in [1.82, 2.24) is 4.90 Å². The van der Waals surface area contributed by atoms with Gasteiger partial charge in [0, 0.05) is 19.4 Å². The molecule has 0 saturated carbocycles. The van der Waals surface area contributed by atoms with E-state index in [2.05, 4.69) is 12.1 Å². The third-order valence-corrected chi connectivity index (χ3v) is 6.82. The maximum absolute atomic E-state index is 13.2. The molecule has 3 aromatic rings. The first-order valence-corrected chi connectivity index (χ1v) is 12.3. The lowest BCUT2D eigenvalue weighted by Gasteiger charge is -2.31. The Morgan fingerprint density at radius 2 is 1.43 bits per heavy atom. The van der Waals surface area contributed by atoms with Crippen LogP contribution in [-0.2, 0) is 24.7 Å². The Morgan fingerprint density at radius 3 is 2.00 bits per heavy atom. The summed E-state index contributed by atoms with van der Waals surface area (Å²) in [5.41, 5.74) is 4.18. The average Bonchev–Trinajstić information content (AvgIpc) is 3.21. The molecule has 7 nitrogen and oxygen atoms in total. The smallest absolute Gasteiger partial charge is 0.410 e. The Hall–Kier alpha value is -4.13. The van der Waals surface area contributed by atoms with Crippen LogP contribution in [0.5, 0.6) is 0 Å². The van der Waals surface area contributed by atoms with Gasteiger partial charge in [0.2, 0.25) is 0 Å². The van der Waals surface area contributed by atoms with Gasteiger partial charge in [0.25, 0.3) is 0 Å². The Morgan fingerprint density at radius 1 is 0.892 bits per heavy atom. The number of nitrogens with zero attached hydrogens (tertiary/aromatic N) is 1. The van der Waals surface area contributed by atoms with Gasteiger partial charge in [0.15, 0.2) is 0 Å². The number of fused-ring (bicyclic) bond motifs is 3. The van der Waals surface area contributed by atoms with E-state index in [4.69, 9.17) is 9.47 Å². The molecule has 0 bridgehead atoms. The lowest BCUT2D eigenvalue weighted by atomic mass is 9.98. The molecule has 0 spiro atoms. The van der Waals surface area contributed by atoms with Crippen molar-refractivity contribution in [3.05, 3.63) is 95.6 Å². The van der Waals surface area contributed by atoms with E-state index in [1.807, 2.05) is 66.7 Å². The molecule has 0 saturated heterocycles. The number of carboxylic acid groups (broad SMARTS) is 1. The molecule has 1 N–H and O–H groups in total. The van der Waals surface area contributed by atoms with Crippen LogP contribution < -0.4 is 0 Å². The van der Waals surface area contributed by atoms with E-state index >= 15 is 0 Å². The van der Waals surface area contributed by atoms with Crippen molar-refractivity contribution in [1.29, 1.82) is 0 Å². The van der Waals surface area contributed by atoms with Crippen LogP contribution in [0.4, 0.5) is 4.79 Å². The monoisotopic (exact) mass is 501 g/mol. The number of hydrogen-bond donors (Lipinski definition) is 1. The van der Waals surface area contributed by atoms with Crippen LogP contribution in [0.25, 0.3) is 11.1 Å². The average molecular weight is 502 g/mol. The second-order valence-corrected chi connectivity index (χ2v) is 9.66. The minimum Gasteiger partial charge on any atom is -0.481 e. The van der Waals surface area contributed by atoms with E-state index in [9.17, 15) is 19.5 Å². The molecule has 1 aliphatic carbocycles. The SMILES string of the molecule is CN(C(=O)OCC1c2ccccc2-c2ccccc21)[C@@H](CCC(=O)O)C(=O)OC(C)(C)c1ccccc1. The fraction of sp³-hybridized carbons (Fsp3) is 0.300. The molecule has 3 aromatic carbocycles. The van der Waals surface area contributed by atoms with E-state index in [1.165, 1.54) is 7.05 Å². The molecule has 0 heterocycles. The molecule has 192 valence electrons. The standard InChI is InChI=1S/C30H31NO6/c1-30(2,20-11-5-4-6-12-20)37-28(34)26(17-18-27(32)33)31(3)29(35)36-19-25-23-15-9-7-13-21(23)22-14-8-10-16-24(22)25/h4-16,25-26H,17-19H2,1-3H3,(H,32,33)/t26-/m0/s1. The lowest BCUT2D eigenvalue weighted by Crippen LogP contribution is -2.46. The molecule has 7 heteroatoms. The fourth-order valence-electron chi connectivity index (χ4n) is 4.77. The number of benzene rings is 3. The molecule has 0 aromatic heterocycles. The molecule has 0 radical (unpaired) electrons. The summed E-state index contributed by atoms with van der Waals surface area (Å²) < 4.78 is 11.5. The minimum atomic E-state index is -1.12. The number of amides is 1. The second-order valence-electron chi connectivity index (χ2n) is 9.66. The number of rotatable bonds is 9. The summed E-state index contributed by atoms with van der Waals surface area (Å²) in [7, 11) is 1.43. The van der Waals surface area contributed by atoms with Crippen molar-refractivity contribution in [2.75, 3.05) is 13.7 Å². The number of esters is 1. The first-order chi connectivity index (χ1) is 17.7. The van der Waals surface area contributed by atoms with Crippen LogP contribution in [0.1, 0.15) is 49.3 Å². The molecule has 1 aliphatic rings. The Labute approximate surface area is 216 Å². The van der Waals surface area contributed by atoms with Crippen molar-refractivity contribution >= 4 is 18.0 Å². The van der Waals surface area contributed by atoms with Crippen LogP contribution in [0.15, 0.2) is 78.9 Å². The van der Waals surface area contributed by atoms with E-state index in [1.54, 1.807) is 13.8 Å². The number of carboxylic acids is 1. The van der Waals surface area contributed by atoms with Crippen LogP contribution in [0.3, 0.4) is 0 Å². The Balaban J connectivity index is 1.48. The highest BCUT2D eigenvalue weighted by molar-refractivity contribution is 5.83. The molecule has 1 atom stereocenters. The number of carbonyl (C=O) groups is 3. The molecule has 37 heavy (non-hydrogen) atoms. The Bertz CT molecular complexity index is 1240. The zero-order valence-electron chi connectivity index (χ0n) is 21.2. The molecule has 1 amide bonds. The number of hydrogen-bond acceptors (Lipinski definition) is 5. The van der Waals surface area contributed by atoms with Gasteiger partial charge in [-0.2, -0.15) is 0 Å². The topological polar surface area (TPSA) is 93.1 Å². The van der Waals surface area contributed by atoms with Crippen LogP contribution in [0, 0.1) is 0 Å². The van der Waals surface area contributed by atoms with Gasteiger partial charge in [-0.15, -0.1) is 0 Å². The quantitative estimate of drug-likeness (QED) is 0.385. The molecular weight excluding hydrogens is 470 g/mol. The first kappa shape index (κ1) is 25.9. The summed E-state index contributed by atoms with van der Waals surface area (Å²) in [6.07, 6.45) is -1.11. The van der Waals surface area contributed by atoms with Gasteiger partial charge in [-0.3, -0.25) is 9.69 Å². The zero-order chi connectivity index (χ0) is 26.6. The number of aliphatic carboxylic acids is 1. The van der Waals surface area contributed by atoms with Gasteiger partial charge in [-0.25, -0.2) is 9.59 Å². The van der Waals surface area contributed by atoms with Crippen LogP contribution in [0.2, 0.25) is 0 Å². The van der Waals surface area contributed by atoms with Crippen molar-refractivity contribution < 1.29 is 29.0 Å². The predicted molar refractivity (Wildman–Crippen MR) is 139 cm³/mol. The maximum atomic E-state index is 13.2. The second kappa shape index (κ2) is 10.9. The molecule has 4 rings (SSSR count). The lowest BCUT2D eigenvalue weighted by molar-refractivity contribution is -0.163. The first-order valence-electron chi connectivity index (χ1n) is 12.3. The minimum absolute atomic E-state index is 0.0907. The summed E-state index contributed by atoms with van der Waals surface area (Å²) in [6.45, 7) is 3.59. The van der Waals surface area contributed by atoms with Crippen molar-refractivity contribution in [3.8, 4) is 11.1 Å². The van der Waals surface area contributed by atoms with E-state index < -0.39 is 29.7 Å². The third kappa shape index (κ3) is 5.66. The molecule has 0 fully saturated rings. The fourth-order valence-corrected chi connectivity index (χ4v) is 4.77. The van der Waals surface area contributed by atoms with Gasteiger partial charge in [0.05, 0.1) is 0 Å². The van der Waals surface area contributed by atoms with Gasteiger partial charge in [0.1, 0.15) is 18.2 Å². The van der Waals surface area contributed by atoms with Crippen LogP contribution >= 0.6 is 0 Å². The van der Waals surface area contributed by atoms with Gasteiger partial charge in [-0.1, -0.05) is 78.9 Å². The molecule has 0 aliphatic heterocycles. The highest BCUT2D eigenvalue weighted by Gasteiger charge is 2.35. The van der Waals surface area contributed by atoms with Crippen molar-refractivity contribution in [2.45, 2.75) is 44.2 Å². The normalized spacial score (nSPS) is 13.3. The van der Waals surface area contributed by atoms with Gasteiger partial charge < -0.3 is 14.6 Å². The predicted octanol–water partition coefficient (Wildman–Crippen LogP) is 5.58. The van der Waals surface area contributed by atoms with E-state index in [-0.39, 0.29) is 25.4 Å². The summed E-state index contributed by atoms with van der Waals surface area (Å²) in [5, 5.41) is 9.22. The number of carbonyl (C=O) groups excluding carboxylic acids is 2. The highest BCUT2D eigenvalue weighted by atomic mass is 16.6. The van der Waals surface area contributed by atoms with E-state index in [0.29, 0.717) is 0 Å². The number of ether oxygens (including phenoxy) is 2. The van der Waals surface area contributed by atoms with Gasteiger partial charge in [-0.05, 0) is 48.1 Å². The van der Waals surface area contributed by atoms with Crippen molar-refractivity contribution in [3.63, 3.8) is 0 Å². The summed E-state index contributed by atoms with van der Waals surface area (Å²) in [4.78, 5) is 38.7.